The third-order valence-electron chi connectivity index (χ3n) is 9.00. The zero-order valence-electron chi connectivity index (χ0n) is 25.8. The van der Waals surface area contributed by atoms with Crippen molar-refractivity contribution in [1.29, 1.82) is 0 Å². The first-order valence-corrected chi connectivity index (χ1v) is 16.7. The van der Waals surface area contributed by atoms with Crippen molar-refractivity contribution in [3.8, 4) is 0 Å². The van der Waals surface area contributed by atoms with Gasteiger partial charge >= 0.3 is 0 Å². The molecule has 10 heteroatoms. The van der Waals surface area contributed by atoms with Crippen molar-refractivity contribution < 1.29 is 19.0 Å². The first kappa shape index (κ1) is 32.7. The summed E-state index contributed by atoms with van der Waals surface area (Å²) in [4.78, 5) is 32.2. The summed E-state index contributed by atoms with van der Waals surface area (Å²) in [6.45, 7) is 11.6. The molecule has 2 aliphatic heterocycles. The minimum Gasteiger partial charge on any atom is -0.485 e. The van der Waals surface area contributed by atoms with E-state index in [1.807, 2.05) is 26.2 Å². The maximum absolute atomic E-state index is 13.3. The second-order valence-corrected chi connectivity index (χ2v) is 12.7. The summed E-state index contributed by atoms with van der Waals surface area (Å²) in [6.07, 6.45) is 7.70. The van der Waals surface area contributed by atoms with Crippen molar-refractivity contribution in [3.05, 3.63) is 62.0 Å². The number of hydrogen-bond donors (Lipinski definition) is 2. The molecular formula is C32H46ClN3O5S. The Labute approximate surface area is 259 Å². The predicted molar refractivity (Wildman–Crippen MR) is 168 cm³/mol. The number of H-pyrrole nitrogens is 1. The summed E-state index contributed by atoms with van der Waals surface area (Å²) in [6, 6.07) is 2.50. The van der Waals surface area contributed by atoms with Gasteiger partial charge in [-0.3, -0.25) is 14.5 Å². The number of carbonyl (C=O) groups is 1. The molecular weight excluding hydrogens is 574 g/mol. The summed E-state index contributed by atoms with van der Waals surface area (Å²) < 4.78 is 17.8. The number of allylic oxidation sites excluding steroid dienone is 1. The van der Waals surface area contributed by atoms with E-state index < -0.39 is 0 Å². The van der Waals surface area contributed by atoms with Crippen LogP contribution in [-0.4, -0.2) is 67.6 Å². The van der Waals surface area contributed by atoms with E-state index in [4.69, 9.17) is 25.8 Å². The van der Waals surface area contributed by atoms with Gasteiger partial charge < -0.3 is 24.5 Å². The van der Waals surface area contributed by atoms with Crippen LogP contribution in [0.25, 0.3) is 0 Å². The standard InChI is InChI=1S/C32H46ClN3O5S/c1-7-21(36-15-25-26(16-36)27(25)18-39-5)10-9-11-22-17-40-28(13-33)30(41-22)20(4)23(8-2)31(37)34-14-24-29(42-6)12-19(3)35-32(24)38/h8,12-13,21-22,25-27H,7,9-11,14-18H2,1-6H3,(H,34,37)(H,35,38)/b23-8+,28-13-,30-20+. The molecule has 0 spiro atoms. The number of ether oxygens (including phenoxy) is 3. The molecule has 4 rings (SSSR count). The topological polar surface area (TPSA) is 92.9 Å². The molecule has 1 aromatic heterocycles. The molecule has 1 aromatic rings. The van der Waals surface area contributed by atoms with E-state index in [0.29, 0.717) is 40.9 Å². The first-order chi connectivity index (χ1) is 20.3. The van der Waals surface area contributed by atoms with Crippen LogP contribution in [0.15, 0.2) is 50.0 Å². The Hall–Kier alpha value is -2.20. The molecule has 1 aliphatic carbocycles. The number of rotatable bonds is 13. The fourth-order valence-electron chi connectivity index (χ4n) is 6.59. The molecule has 2 N–H and O–H groups in total. The van der Waals surface area contributed by atoms with E-state index in [0.717, 1.165) is 60.6 Å². The number of aryl methyl sites for hydroxylation is 1. The number of piperidine rings is 1. The minimum absolute atomic E-state index is 0.118. The van der Waals surface area contributed by atoms with Crippen molar-refractivity contribution in [2.45, 2.75) is 77.0 Å². The Morgan fingerprint density at radius 2 is 2.10 bits per heavy atom. The summed E-state index contributed by atoms with van der Waals surface area (Å²) in [5, 5.41) is 2.91. The van der Waals surface area contributed by atoms with Crippen LogP contribution >= 0.6 is 23.4 Å². The van der Waals surface area contributed by atoms with E-state index in [1.54, 1.807) is 20.1 Å². The second-order valence-electron chi connectivity index (χ2n) is 11.6. The molecule has 3 aliphatic rings. The second kappa shape index (κ2) is 15.0. The monoisotopic (exact) mass is 619 g/mol. The Bertz CT molecular complexity index is 1260. The molecule has 8 nitrogen and oxygen atoms in total. The van der Waals surface area contributed by atoms with Gasteiger partial charge in [0.15, 0.2) is 11.5 Å². The number of hydrogen-bond acceptors (Lipinski definition) is 7. The number of amides is 1. The van der Waals surface area contributed by atoms with Crippen molar-refractivity contribution >= 4 is 29.3 Å². The van der Waals surface area contributed by atoms with Crippen molar-refractivity contribution in [3.63, 3.8) is 0 Å². The Kier molecular flexibility index (Phi) is 11.7. The van der Waals surface area contributed by atoms with E-state index in [9.17, 15) is 9.59 Å². The average molecular weight is 620 g/mol. The maximum Gasteiger partial charge on any atom is 0.254 e. The highest BCUT2D eigenvalue weighted by molar-refractivity contribution is 7.98. The molecule has 3 heterocycles. The summed E-state index contributed by atoms with van der Waals surface area (Å²) in [7, 11) is 1.80. The number of fused-ring (bicyclic) bond motifs is 1. The van der Waals surface area contributed by atoms with Gasteiger partial charge in [-0.25, -0.2) is 0 Å². The third-order valence-corrected chi connectivity index (χ3v) is 10.00. The van der Waals surface area contributed by atoms with E-state index in [-0.39, 0.29) is 24.1 Å². The van der Waals surface area contributed by atoms with Crippen molar-refractivity contribution in [1.82, 2.24) is 15.2 Å². The van der Waals surface area contributed by atoms with Crippen LogP contribution in [0.2, 0.25) is 0 Å². The van der Waals surface area contributed by atoms with Crippen LogP contribution in [0.5, 0.6) is 0 Å². The normalized spacial score (nSPS) is 26.8. The lowest BCUT2D eigenvalue weighted by molar-refractivity contribution is -0.117. The van der Waals surface area contributed by atoms with Crippen LogP contribution in [0, 0.1) is 24.7 Å². The first-order valence-electron chi connectivity index (χ1n) is 15.0. The molecule has 232 valence electrons. The Morgan fingerprint density at radius 3 is 2.71 bits per heavy atom. The molecule has 4 atom stereocenters. The Morgan fingerprint density at radius 1 is 1.36 bits per heavy atom. The van der Waals surface area contributed by atoms with Gasteiger partial charge in [-0.05, 0) is 76.5 Å². The van der Waals surface area contributed by atoms with Crippen LogP contribution in [0.4, 0.5) is 0 Å². The van der Waals surface area contributed by atoms with Crippen LogP contribution in [0.1, 0.15) is 57.7 Å². The van der Waals surface area contributed by atoms with Crippen LogP contribution in [0.3, 0.4) is 0 Å². The van der Waals surface area contributed by atoms with Gasteiger partial charge in [0.2, 0.25) is 0 Å². The molecule has 2 saturated heterocycles. The average Bonchev–Trinajstić information content (AvgIpc) is 3.41. The fourth-order valence-corrected chi connectivity index (χ4v) is 7.46. The van der Waals surface area contributed by atoms with Gasteiger partial charge in [0, 0.05) is 66.7 Å². The molecule has 0 bridgehead atoms. The van der Waals surface area contributed by atoms with E-state index >= 15 is 0 Å². The molecule has 42 heavy (non-hydrogen) atoms. The van der Waals surface area contributed by atoms with Gasteiger partial charge in [-0.1, -0.05) is 24.6 Å². The number of aromatic amines is 1. The largest absolute Gasteiger partial charge is 0.485 e. The SMILES string of the molecule is C\C=C(C(=O)NCc1c(SC)cc(C)[nH]c1=O)/C(C)=C1/OC(CCCC(CC)N2CC3C(COC)C3C2)CO/C1=C\Cl. The highest BCUT2D eigenvalue weighted by Gasteiger charge is 2.55. The predicted octanol–water partition coefficient (Wildman–Crippen LogP) is 5.51. The van der Waals surface area contributed by atoms with Gasteiger partial charge in [0.1, 0.15) is 12.7 Å². The number of thioether (sulfide) groups is 1. The highest BCUT2D eigenvalue weighted by atomic mass is 35.5. The van der Waals surface area contributed by atoms with E-state index in [1.165, 1.54) is 30.4 Å². The molecule has 1 amide bonds. The third kappa shape index (κ3) is 7.47. The number of halogens is 1. The summed E-state index contributed by atoms with van der Waals surface area (Å²) in [5.74, 6) is 3.00. The van der Waals surface area contributed by atoms with E-state index in [2.05, 4.69) is 22.1 Å². The lowest BCUT2D eigenvalue weighted by atomic mass is 10.0. The van der Waals surface area contributed by atoms with Crippen LogP contribution < -0.4 is 10.9 Å². The smallest absolute Gasteiger partial charge is 0.254 e. The lowest BCUT2D eigenvalue weighted by Gasteiger charge is -2.32. The quantitative estimate of drug-likeness (QED) is 0.222. The van der Waals surface area contributed by atoms with Crippen molar-refractivity contribution in [2.24, 2.45) is 17.8 Å². The molecule has 3 fully saturated rings. The number of likely N-dealkylation sites (tertiary alicyclic amines) is 1. The molecule has 4 unspecified atom stereocenters. The highest BCUT2D eigenvalue weighted by Crippen LogP contribution is 2.52. The summed E-state index contributed by atoms with van der Waals surface area (Å²) >= 11 is 7.59. The fraction of sp³-hybridized carbons (Fsp3) is 0.625. The number of methoxy groups -OCH3 is 1. The van der Waals surface area contributed by atoms with Gasteiger partial charge in [0.25, 0.3) is 11.5 Å². The Balaban J connectivity index is 1.35. The van der Waals surface area contributed by atoms with Crippen LogP contribution in [-0.2, 0) is 25.5 Å². The number of nitrogens with one attached hydrogen (secondary N) is 2. The zero-order chi connectivity index (χ0) is 30.4. The summed E-state index contributed by atoms with van der Waals surface area (Å²) in [5.41, 5.74) is 3.57. The number of carbonyl (C=O) groups excluding carboxylic acids is 1. The molecule has 0 radical (unpaired) electrons. The number of aromatic nitrogens is 1. The van der Waals surface area contributed by atoms with Gasteiger partial charge in [-0.15, -0.1) is 11.8 Å². The number of pyridine rings is 1. The van der Waals surface area contributed by atoms with Gasteiger partial charge in [0.05, 0.1) is 5.54 Å². The van der Waals surface area contributed by atoms with Gasteiger partial charge in [-0.2, -0.15) is 0 Å². The lowest BCUT2D eigenvalue weighted by Crippen LogP contribution is -2.36. The molecule has 0 aromatic carbocycles. The zero-order valence-corrected chi connectivity index (χ0v) is 27.3. The number of nitrogens with zero attached hydrogens (tertiary/aromatic N) is 1. The molecule has 1 saturated carbocycles. The van der Waals surface area contributed by atoms with Crippen molar-refractivity contribution in [2.75, 3.05) is 39.7 Å². The maximum atomic E-state index is 13.3. The minimum atomic E-state index is -0.295.